The summed E-state index contributed by atoms with van der Waals surface area (Å²) in [5.41, 5.74) is 16.4. The molecule has 0 saturated carbocycles. The molecule has 0 saturated heterocycles. The van der Waals surface area contributed by atoms with Gasteiger partial charge in [0.25, 0.3) is 0 Å². The van der Waals surface area contributed by atoms with Crippen LogP contribution in [0.15, 0.2) is 186 Å². The Morgan fingerprint density at radius 2 is 0.789 bits per heavy atom. The van der Waals surface area contributed by atoms with Crippen LogP contribution in [0.4, 0.5) is 0 Å². The van der Waals surface area contributed by atoms with Crippen LogP contribution in [0.25, 0.3) is 132 Å². The van der Waals surface area contributed by atoms with Crippen LogP contribution in [-0.4, -0.2) is 8.80 Å². The lowest BCUT2D eigenvalue weighted by atomic mass is 9.89. The van der Waals surface area contributed by atoms with E-state index in [2.05, 4.69) is 191 Å². The van der Waals surface area contributed by atoms with Gasteiger partial charge in [-0.05, 0) is 40.5 Å². The van der Waals surface area contributed by atoms with E-state index < -0.39 is 0 Å². The second-order valence-electron chi connectivity index (χ2n) is 15.5. The van der Waals surface area contributed by atoms with Crippen molar-refractivity contribution >= 4 is 98.1 Å². The minimum absolute atomic E-state index is 0.909. The smallest absolute Gasteiger partial charge is 0.160 e. The van der Waals surface area contributed by atoms with Crippen molar-refractivity contribution in [3.05, 3.63) is 182 Å². The van der Waals surface area contributed by atoms with Crippen molar-refractivity contribution in [2.24, 2.45) is 0 Å². The summed E-state index contributed by atoms with van der Waals surface area (Å²) in [5, 5.41) is 12.3. The molecule has 0 N–H and O–H groups in total. The predicted molar refractivity (Wildman–Crippen MR) is 239 cm³/mol. The van der Waals surface area contributed by atoms with E-state index in [9.17, 15) is 0 Å². The molecule has 0 aliphatic carbocycles. The Morgan fingerprint density at radius 1 is 0.298 bits per heavy atom. The van der Waals surface area contributed by atoms with Crippen molar-refractivity contribution in [2.45, 2.75) is 0 Å². The third-order valence-electron chi connectivity index (χ3n) is 12.7. The topological polar surface area (TPSA) is 22.0 Å². The van der Waals surface area contributed by atoms with E-state index in [0.29, 0.717) is 0 Å². The van der Waals surface area contributed by atoms with Gasteiger partial charge in [0, 0.05) is 65.0 Å². The molecule has 5 heterocycles. The highest BCUT2D eigenvalue weighted by molar-refractivity contribution is 6.39. The first-order valence-electron chi connectivity index (χ1n) is 19.7. The summed E-state index contributed by atoms with van der Waals surface area (Å²) in [6, 6.07) is 66.7. The average molecular weight is 723 g/mol. The summed E-state index contributed by atoms with van der Waals surface area (Å²) in [6.45, 7) is 0. The first-order chi connectivity index (χ1) is 28.3. The number of nitrogens with zero attached hydrogens (tertiary/aromatic N) is 2. The zero-order valence-electron chi connectivity index (χ0n) is 30.6. The Labute approximate surface area is 325 Å². The summed E-state index contributed by atoms with van der Waals surface area (Å²) < 4.78 is 12.0. The zero-order chi connectivity index (χ0) is 36.9. The van der Waals surface area contributed by atoms with Crippen molar-refractivity contribution in [3.63, 3.8) is 0 Å². The van der Waals surface area contributed by atoms with E-state index in [1.807, 2.05) is 0 Å². The molecule has 3 nitrogen and oxygen atoms in total. The monoisotopic (exact) mass is 722 g/mol. The molecule has 0 atom stereocenters. The molecule has 0 amide bonds. The van der Waals surface area contributed by atoms with Crippen LogP contribution in [0, 0.1) is 0 Å². The normalized spacial score (nSPS) is 12.6. The fourth-order valence-corrected chi connectivity index (χ4v) is 10.5. The SMILES string of the molecule is c1ccc(-c2ccc3c4cccc5c6c(-c7ccccc7)c7c(c(-c8ccccc8)c6n(c3c2)c45)c2cccc3c4ccc5c6ccccc6oc5c4n7c32)cc1. The molecule has 14 aromatic rings. The summed E-state index contributed by atoms with van der Waals surface area (Å²) in [7, 11) is 0. The zero-order valence-corrected chi connectivity index (χ0v) is 30.6. The fourth-order valence-electron chi connectivity index (χ4n) is 10.5. The van der Waals surface area contributed by atoms with E-state index in [4.69, 9.17) is 4.42 Å². The third-order valence-corrected chi connectivity index (χ3v) is 12.7. The van der Waals surface area contributed by atoms with Crippen molar-refractivity contribution in [3.8, 4) is 33.4 Å². The second-order valence-corrected chi connectivity index (χ2v) is 15.5. The molecule has 0 unspecified atom stereocenters. The maximum Gasteiger partial charge on any atom is 0.160 e. The van der Waals surface area contributed by atoms with Gasteiger partial charge in [0.1, 0.15) is 5.58 Å². The number of aromatic nitrogens is 2. The second kappa shape index (κ2) is 10.6. The standard InChI is InChI=1S/C54H30N2O/c1-4-14-31(15-5-1)34-26-27-35-37-21-12-23-41-47-46(33-18-8-3-9-19-33)53-48(45(32-16-6-2-7-17-32)52(47)55(49(37)41)43(35)30-34)42-24-13-22-38-39-28-29-40-36-20-10-11-25-44(36)57-54(40)51(39)56(53)50(38)42/h1-30H. The Kier molecular flexibility index (Phi) is 5.51. The van der Waals surface area contributed by atoms with Crippen LogP contribution in [0.3, 0.4) is 0 Å². The maximum atomic E-state index is 6.88. The van der Waals surface area contributed by atoms with Gasteiger partial charge in [-0.3, -0.25) is 0 Å². The van der Waals surface area contributed by atoms with E-state index in [0.717, 1.165) is 27.5 Å². The number of para-hydroxylation sites is 3. The Balaban J connectivity index is 1.32. The van der Waals surface area contributed by atoms with Crippen molar-refractivity contribution in [1.29, 1.82) is 0 Å². The average Bonchev–Trinajstić information content (AvgIpc) is 4.08. The fraction of sp³-hybridized carbons (Fsp3) is 0. The number of hydrogen-bond acceptors (Lipinski definition) is 1. The van der Waals surface area contributed by atoms with Crippen molar-refractivity contribution < 1.29 is 4.42 Å². The molecule has 0 bridgehead atoms. The molecule has 57 heavy (non-hydrogen) atoms. The molecule has 0 radical (unpaired) electrons. The summed E-state index contributed by atoms with van der Waals surface area (Å²) in [6.07, 6.45) is 0. The van der Waals surface area contributed by atoms with Crippen LogP contribution >= 0.6 is 0 Å². The van der Waals surface area contributed by atoms with Crippen molar-refractivity contribution in [2.75, 3.05) is 0 Å². The van der Waals surface area contributed by atoms with Crippen LogP contribution in [-0.2, 0) is 0 Å². The lowest BCUT2D eigenvalue weighted by Gasteiger charge is -2.16. The molecule has 14 rings (SSSR count). The first kappa shape index (κ1) is 29.7. The predicted octanol–water partition coefficient (Wildman–Crippen LogP) is 14.9. The molecule has 0 aliphatic heterocycles. The summed E-state index contributed by atoms with van der Waals surface area (Å²) in [5.74, 6) is 0. The largest absolute Gasteiger partial charge is 0.454 e. The highest BCUT2D eigenvalue weighted by Crippen LogP contribution is 2.54. The van der Waals surface area contributed by atoms with Gasteiger partial charge in [-0.1, -0.05) is 164 Å². The molecule has 5 aromatic heterocycles. The minimum Gasteiger partial charge on any atom is -0.454 e. The number of rotatable bonds is 3. The number of fused-ring (bicyclic) bond motifs is 16. The maximum absolute atomic E-state index is 6.88. The Hall–Kier alpha value is -7.62. The van der Waals surface area contributed by atoms with Crippen LogP contribution in [0.1, 0.15) is 0 Å². The molecule has 0 fully saturated rings. The van der Waals surface area contributed by atoms with E-state index in [1.54, 1.807) is 0 Å². The van der Waals surface area contributed by atoms with E-state index in [1.165, 1.54) is 104 Å². The highest BCUT2D eigenvalue weighted by atomic mass is 16.3. The summed E-state index contributed by atoms with van der Waals surface area (Å²) in [4.78, 5) is 0. The quantitative estimate of drug-likeness (QED) is 0.178. The number of hydrogen-bond donors (Lipinski definition) is 0. The molecule has 0 aliphatic rings. The van der Waals surface area contributed by atoms with Gasteiger partial charge < -0.3 is 13.2 Å². The molecule has 3 heteroatoms. The molecule has 262 valence electrons. The van der Waals surface area contributed by atoms with Crippen LogP contribution in [0.5, 0.6) is 0 Å². The summed E-state index contributed by atoms with van der Waals surface area (Å²) >= 11 is 0. The number of furan rings is 1. The Bertz CT molecular complexity index is 3940. The van der Waals surface area contributed by atoms with Gasteiger partial charge in [0.15, 0.2) is 5.58 Å². The van der Waals surface area contributed by atoms with Gasteiger partial charge in [0.2, 0.25) is 0 Å². The highest BCUT2D eigenvalue weighted by Gasteiger charge is 2.31. The van der Waals surface area contributed by atoms with Gasteiger partial charge in [0.05, 0.1) is 33.1 Å². The van der Waals surface area contributed by atoms with E-state index >= 15 is 0 Å². The van der Waals surface area contributed by atoms with Crippen LogP contribution < -0.4 is 0 Å². The molecular formula is C54H30N2O. The third kappa shape index (κ3) is 3.63. The number of benzene rings is 9. The van der Waals surface area contributed by atoms with Gasteiger partial charge in [-0.2, -0.15) is 0 Å². The van der Waals surface area contributed by atoms with E-state index in [-0.39, 0.29) is 0 Å². The first-order valence-corrected chi connectivity index (χ1v) is 19.7. The minimum atomic E-state index is 0.909. The van der Waals surface area contributed by atoms with Gasteiger partial charge >= 0.3 is 0 Å². The van der Waals surface area contributed by atoms with Gasteiger partial charge in [-0.25, -0.2) is 0 Å². The lowest BCUT2D eigenvalue weighted by molar-refractivity contribution is 0.671. The lowest BCUT2D eigenvalue weighted by Crippen LogP contribution is -1.93. The van der Waals surface area contributed by atoms with Crippen LogP contribution in [0.2, 0.25) is 0 Å². The molecule has 9 aromatic carbocycles. The van der Waals surface area contributed by atoms with Crippen molar-refractivity contribution in [1.82, 2.24) is 8.80 Å². The Morgan fingerprint density at radius 3 is 1.47 bits per heavy atom. The van der Waals surface area contributed by atoms with Gasteiger partial charge in [-0.15, -0.1) is 0 Å². The molecular weight excluding hydrogens is 693 g/mol. The molecule has 0 spiro atoms.